The zero-order valence-electron chi connectivity index (χ0n) is 10.3. The molecule has 1 aromatic heterocycles. The van der Waals surface area contributed by atoms with E-state index in [0.29, 0.717) is 25.2 Å². The smallest absolute Gasteiger partial charge is 0.272 e. The van der Waals surface area contributed by atoms with Gasteiger partial charge in [0.2, 0.25) is 0 Å². The van der Waals surface area contributed by atoms with Crippen molar-refractivity contribution < 1.29 is 9.90 Å². The van der Waals surface area contributed by atoms with Crippen molar-refractivity contribution in [2.75, 3.05) is 32.1 Å². The predicted octanol–water partition coefficient (Wildman–Crippen LogP) is 0.968. The van der Waals surface area contributed by atoms with Gasteiger partial charge in [-0.2, -0.15) is 0 Å². The van der Waals surface area contributed by atoms with Crippen molar-refractivity contribution >= 4 is 11.6 Å². The van der Waals surface area contributed by atoms with Crippen LogP contribution in [0.3, 0.4) is 0 Å². The minimum Gasteiger partial charge on any atom is -0.396 e. The van der Waals surface area contributed by atoms with Gasteiger partial charge in [-0.1, -0.05) is 0 Å². The minimum absolute atomic E-state index is 0.0932. The summed E-state index contributed by atoms with van der Waals surface area (Å²) in [6.45, 7) is 3.18. The Hall–Kier alpha value is -1.62. The van der Waals surface area contributed by atoms with Gasteiger partial charge in [0.25, 0.3) is 5.91 Å². The minimum atomic E-state index is -0.0939. The molecule has 0 bridgehead atoms. The lowest BCUT2D eigenvalue weighted by Gasteiger charge is -2.19. The summed E-state index contributed by atoms with van der Waals surface area (Å²) in [5.74, 6) is -0.0939. The van der Waals surface area contributed by atoms with E-state index < -0.39 is 0 Å². The van der Waals surface area contributed by atoms with Gasteiger partial charge in [0, 0.05) is 26.7 Å². The molecule has 0 fully saturated rings. The second-order valence-corrected chi connectivity index (χ2v) is 3.64. The van der Waals surface area contributed by atoms with Gasteiger partial charge in [-0.25, -0.2) is 4.98 Å². The SMILES string of the molecule is CCN(CCCO)C(=O)c1ccc(NC)cn1. The van der Waals surface area contributed by atoms with Crippen LogP contribution in [-0.2, 0) is 0 Å². The van der Waals surface area contributed by atoms with Crippen LogP contribution < -0.4 is 5.32 Å². The topological polar surface area (TPSA) is 65.5 Å². The lowest BCUT2D eigenvalue weighted by atomic mass is 10.3. The highest BCUT2D eigenvalue weighted by atomic mass is 16.3. The third kappa shape index (κ3) is 3.71. The Bertz CT molecular complexity index is 351. The van der Waals surface area contributed by atoms with Gasteiger partial charge in [0.05, 0.1) is 11.9 Å². The Balaban J connectivity index is 2.71. The molecular formula is C12H19N3O2. The first-order chi connectivity index (χ1) is 8.22. The average molecular weight is 237 g/mol. The van der Waals surface area contributed by atoms with Crippen molar-refractivity contribution in [3.05, 3.63) is 24.0 Å². The second kappa shape index (κ2) is 6.85. The first kappa shape index (κ1) is 13.4. The third-order valence-electron chi connectivity index (χ3n) is 2.53. The van der Waals surface area contributed by atoms with Crippen molar-refractivity contribution in [3.63, 3.8) is 0 Å². The number of aliphatic hydroxyl groups is 1. The molecule has 1 rings (SSSR count). The van der Waals surface area contributed by atoms with E-state index in [-0.39, 0.29) is 12.5 Å². The van der Waals surface area contributed by atoms with Gasteiger partial charge >= 0.3 is 0 Å². The maximum atomic E-state index is 12.0. The van der Waals surface area contributed by atoms with Crippen molar-refractivity contribution in [1.29, 1.82) is 0 Å². The molecule has 0 spiro atoms. The number of anilines is 1. The molecule has 0 unspecified atom stereocenters. The number of hydrogen-bond acceptors (Lipinski definition) is 4. The molecule has 0 atom stereocenters. The van der Waals surface area contributed by atoms with Crippen LogP contribution in [0, 0.1) is 0 Å². The van der Waals surface area contributed by atoms with Crippen LogP contribution >= 0.6 is 0 Å². The van der Waals surface area contributed by atoms with Gasteiger partial charge < -0.3 is 15.3 Å². The number of amides is 1. The maximum absolute atomic E-state index is 12.0. The fourth-order valence-corrected chi connectivity index (χ4v) is 1.50. The van der Waals surface area contributed by atoms with Crippen LogP contribution in [0.25, 0.3) is 0 Å². The van der Waals surface area contributed by atoms with Crippen LogP contribution in [0.15, 0.2) is 18.3 Å². The Morgan fingerprint density at radius 2 is 2.29 bits per heavy atom. The van der Waals surface area contributed by atoms with Gasteiger partial charge in [-0.3, -0.25) is 4.79 Å². The van der Waals surface area contributed by atoms with E-state index in [2.05, 4.69) is 10.3 Å². The highest BCUT2D eigenvalue weighted by molar-refractivity contribution is 5.92. The zero-order chi connectivity index (χ0) is 12.7. The molecule has 0 saturated heterocycles. The van der Waals surface area contributed by atoms with Crippen molar-refractivity contribution in [2.24, 2.45) is 0 Å². The van der Waals surface area contributed by atoms with E-state index >= 15 is 0 Å². The van der Waals surface area contributed by atoms with Gasteiger partial charge in [-0.05, 0) is 25.5 Å². The summed E-state index contributed by atoms with van der Waals surface area (Å²) in [6.07, 6.45) is 2.22. The Morgan fingerprint density at radius 1 is 1.53 bits per heavy atom. The third-order valence-corrected chi connectivity index (χ3v) is 2.53. The second-order valence-electron chi connectivity index (χ2n) is 3.64. The van der Waals surface area contributed by atoms with Crippen molar-refractivity contribution in [1.82, 2.24) is 9.88 Å². The summed E-state index contributed by atoms with van der Waals surface area (Å²) in [5, 5.41) is 11.7. The molecule has 0 aromatic carbocycles. The van der Waals surface area contributed by atoms with Gasteiger partial charge in [-0.15, -0.1) is 0 Å². The molecule has 17 heavy (non-hydrogen) atoms. The Morgan fingerprint density at radius 3 is 2.76 bits per heavy atom. The summed E-state index contributed by atoms with van der Waals surface area (Å²) in [6, 6.07) is 3.52. The van der Waals surface area contributed by atoms with E-state index in [1.54, 1.807) is 24.2 Å². The van der Waals surface area contributed by atoms with Gasteiger partial charge in [0.1, 0.15) is 5.69 Å². The first-order valence-corrected chi connectivity index (χ1v) is 5.76. The summed E-state index contributed by atoms with van der Waals surface area (Å²) in [7, 11) is 1.80. The maximum Gasteiger partial charge on any atom is 0.272 e. The molecule has 5 nitrogen and oxygen atoms in total. The molecule has 0 aliphatic heterocycles. The van der Waals surface area contributed by atoms with Crippen molar-refractivity contribution in [2.45, 2.75) is 13.3 Å². The summed E-state index contributed by atoms with van der Waals surface area (Å²) in [5.41, 5.74) is 1.31. The molecule has 94 valence electrons. The monoisotopic (exact) mass is 237 g/mol. The highest BCUT2D eigenvalue weighted by Crippen LogP contribution is 2.07. The number of hydrogen-bond donors (Lipinski definition) is 2. The molecule has 1 aromatic rings. The summed E-state index contributed by atoms with van der Waals surface area (Å²) >= 11 is 0. The summed E-state index contributed by atoms with van der Waals surface area (Å²) in [4.78, 5) is 17.8. The normalized spacial score (nSPS) is 10.1. The zero-order valence-corrected chi connectivity index (χ0v) is 10.3. The number of nitrogens with one attached hydrogen (secondary N) is 1. The lowest BCUT2D eigenvalue weighted by Crippen LogP contribution is -2.32. The Kier molecular flexibility index (Phi) is 5.42. The largest absolute Gasteiger partial charge is 0.396 e. The molecule has 0 radical (unpaired) electrons. The van der Waals surface area contributed by atoms with Crippen molar-refractivity contribution in [3.8, 4) is 0 Å². The number of pyridine rings is 1. The van der Waals surface area contributed by atoms with E-state index in [1.165, 1.54) is 0 Å². The number of aromatic nitrogens is 1. The highest BCUT2D eigenvalue weighted by Gasteiger charge is 2.14. The standard InChI is InChI=1S/C12H19N3O2/c1-3-15(7-4-8-16)12(17)11-6-5-10(13-2)9-14-11/h5-6,9,13,16H,3-4,7-8H2,1-2H3. The quantitative estimate of drug-likeness (QED) is 0.773. The Labute approximate surface area is 101 Å². The van der Waals surface area contributed by atoms with Crippen LogP contribution in [0.4, 0.5) is 5.69 Å². The molecule has 1 heterocycles. The van der Waals surface area contributed by atoms with E-state index in [4.69, 9.17) is 5.11 Å². The lowest BCUT2D eigenvalue weighted by molar-refractivity contribution is 0.0748. The average Bonchev–Trinajstić information content (AvgIpc) is 2.39. The fraction of sp³-hybridized carbons (Fsp3) is 0.500. The van der Waals surface area contributed by atoms with Gasteiger partial charge in [0.15, 0.2) is 0 Å². The van der Waals surface area contributed by atoms with Crippen LogP contribution in [-0.4, -0.2) is 47.6 Å². The number of nitrogens with zero attached hydrogens (tertiary/aromatic N) is 2. The molecule has 0 aliphatic rings. The number of aliphatic hydroxyl groups excluding tert-OH is 1. The van der Waals surface area contributed by atoms with E-state index in [9.17, 15) is 4.79 Å². The fourth-order valence-electron chi connectivity index (χ4n) is 1.50. The summed E-state index contributed by atoms with van der Waals surface area (Å²) < 4.78 is 0. The molecule has 2 N–H and O–H groups in total. The number of carbonyl (C=O) groups excluding carboxylic acids is 1. The van der Waals surface area contributed by atoms with E-state index in [0.717, 1.165) is 5.69 Å². The molecule has 5 heteroatoms. The number of carbonyl (C=O) groups is 1. The molecule has 0 aliphatic carbocycles. The predicted molar refractivity (Wildman–Crippen MR) is 67.1 cm³/mol. The molecule has 1 amide bonds. The van der Waals surface area contributed by atoms with Crippen LogP contribution in [0.2, 0.25) is 0 Å². The first-order valence-electron chi connectivity index (χ1n) is 5.76. The molecule has 0 saturated carbocycles. The van der Waals surface area contributed by atoms with Crippen LogP contribution in [0.5, 0.6) is 0 Å². The van der Waals surface area contributed by atoms with Crippen LogP contribution in [0.1, 0.15) is 23.8 Å². The molecular weight excluding hydrogens is 218 g/mol. The number of rotatable bonds is 6. The van der Waals surface area contributed by atoms with E-state index in [1.807, 2.05) is 13.0 Å².